The van der Waals surface area contributed by atoms with Crippen molar-refractivity contribution in [2.24, 2.45) is 0 Å². The summed E-state index contributed by atoms with van der Waals surface area (Å²) in [5.41, 5.74) is 3.97. The van der Waals surface area contributed by atoms with Gasteiger partial charge in [-0.1, -0.05) is 72.3 Å². The van der Waals surface area contributed by atoms with Crippen molar-refractivity contribution in [3.8, 4) is 11.1 Å². The van der Waals surface area contributed by atoms with Crippen LogP contribution < -0.4 is 10.0 Å². The van der Waals surface area contributed by atoms with Gasteiger partial charge in [-0.2, -0.15) is 4.72 Å². The van der Waals surface area contributed by atoms with E-state index in [4.69, 9.17) is 11.6 Å². The fraction of sp³-hybridized carbons (Fsp3) is 0.0714. The number of rotatable bonds is 7. The summed E-state index contributed by atoms with van der Waals surface area (Å²) in [6.07, 6.45) is 0.134. The lowest BCUT2D eigenvalue weighted by Crippen LogP contribution is -2.45. The second-order valence-corrected chi connectivity index (χ2v) is 10.6. The Labute approximate surface area is 214 Å². The Bertz CT molecular complexity index is 1570. The molecule has 5 rings (SSSR count). The molecular weight excluding hydrogens is 496 g/mol. The van der Waals surface area contributed by atoms with Gasteiger partial charge >= 0.3 is 0 Å². The second kappa shape index (κ2) is 9.70. The summed E-state index contributed by atoms with van der Waals surface area (Å²) in [4.78, 5) is 26.2. The number of anilines is 1. The molecule has 1 aliphatic carbocycles. The Kier molecular flexibility index (Phi) is 6.45. The van der Waals surface area contributed by atoms with Crippen LogP contribution in [-0.4, -0.2) is 26.2 Å². The van der Waals surface area contributed by atoms with Crippen LogP contribution >= 0.6 is 11.6 Å². The number of amides is 1. The molecule has 1 atom stereocenters. The minimum absolute atomic E-state index is 0.00125. The van der Waals surface area contributed by atoms with Gasteiger partial charge in [0.2, 0.25) is 15.9 Å². The Hall–Kier alpha value is -3.78. The molecule has 4 aromatic carbocycles. The molecule has 0 aliphatic heterocycles. The minimum Gasteiger partial charge on any atom is -0.325 e. The highest BCUT2D eigenvalue weighted by molar-refractivity contribution is 7.89. The first-order valence-corrected chi connectivity index (χ1v) is 13.1. The van der Waals surface area contributed by atoms with Gasteiger partial charge in [-0.05, 0) is 59.5 Å². The van der Waals surface area contributed by atoms with Crippen LogP contribution in [0.5, 0.6) is 0 Å². The molecule has 1 unspecified atom stereocenters. The number of halogens is 1. The van der Waals surface area contributed by atoms with E-state index in [0.29, 0.717) is 21.8 Å². The molecule has 6 nitrogen and oxygen atoms in total. The number of sulfonamides is 1. The maximum Gasteiger partial charge on any atom is 0.242 e. The van der Waals surface area contributed by atoms with E-state index in [1.807, 2.05) is 48.5 Å². The summed E-state index contributed by atoms with van der Waals surface area (Å²) >= 11 is 5.89. The fourth-order valence-electron chi connectivity index (χ4n) is 4.24. The number of carbonyl (C=O) groups excluding carboxylic acids is 2. The van der Waals surface area contributed by atoms with Gasteiger partial charge in [0.1, 0.15) is 6.04 Å². The summed E-state index contributed by atoms with van der Waals surface area (Å²) in [5.74, 6) is -0.653. The van der Waals surface area contributed by atoms with Gasteiger partial charge in [0.05, 0.1) is 4.90 Å². The standard InChI is InChI=1S/C28H21ClN2O4S/c29-19-10-13-21(14-11-19)36(34,35)31-26(16-18-6-2-1-3-7-18)28(33)30-20-12-15-23-22-8-4-5-9-24(22)27(32)25(23)17-20/h1-15,17,26,31H,16H2,(H,30,33). The predicted octanol–water partition coefficient (Wildman–Crippen LogP) is 5.08. The predicted molar refractivity (Wildman–Crippen MR) is 140 cm³/mol. The van der Waals surface area contributed by atoms with Gasteiger partial charge in [0.15, 0.2) is 5.78 Å². The monoisotopic (exact) mass is 516 g/mol. The Morgan fingerprint density at radius 2 is 1.42 bits per heavy atom. The molecule has 0 spiro atoms. The fourth-order valence-corrected chi connectivity index (χ4v) is 5.56. The van der Waals surface area contributed by atoms with Gasteiger partial charge in [0, 0.05) is 21.8 Å². The summed E-state index contributed by atoms with van der Waals surface area (Å²) in [5, 5.41) is 3.19. The highest BCUT2D eigenvalue weighted by atomic mass is 35.5. The molecule has 36 heavy (non-hydrogen) atoms. The van der Waals surface area contributed by atoms with Crippen molar-refractivity contribution in [3.05, 3.63) is 119 Å². The third-order valence-electron chi connectivity index (χ3n) is 6.01. The van der Waals surface area contributed by atoms with Crippen LogP contribution in [0.3, 0.4) is 0 Å². The van der Waals surface area contributed by atoms with Crippen molar-refractivity contribution in [2.75, 3.05) is 5.32 Å². The van der Waals surface area contributed by atoms with E-state index >= 15 is 0 Å². The average Bonchev–Trinajstić information content (AvgIpc) is 3.16. The quantitative estimate of drug-likeness (QED) is 0.315. The van der Waals surface area contributed by atoms with Crippen molar-refractivity contribution < 1.29 is 18.0 Å². The van der Waals surface area contributed by atoms with Crippen LogP contribution in [-0.2, 0) is 21.2 Å². The molecule has 0 aromatic heterocycles. The summed E-state index contributed by atoms with van der Waals surface area (Å²) < 4.78 is 28.6. The molecule has 0 saturated heterocycles. The number of benzene rings is 4. The first-order chi connectivity index (χ1) is 17.3. The Morgan fingerprint density at radius 3 is 2.14 bits per heavy atom. The molecule has 1 amide bonds. The van der Waals surface area contributed by atoms with E-state index in [2.05, 4.69) is 10.0 Å². The van der Waals surface area contributed by atoms with E-state index in [0.717, 1.165) is 16.7 Å². The van der Waals surface area contributed by atoms with E-state index < -0.39 is 22.0 Å². The molecule has 0 saturated carbocycles. The molecule has 0 bridgehead atoms. The Morgan fingerprint density at radius 1 is 0.778 bits per heavy atom. The van der Waals surface area contributed by atoms with Crippen molar-refractivity contribution >= 4 is 39.0 Å². The number of carbonyl (C=O) groups is 2. The number of hydrogen-bond donors (Lipinski definition) is 2. The van der Waals surface area contributed by atoms with E-state index in [-0.39, 0.29) is 17.1 Å². The lowest BCUT2D eigenvalue weighted by Gasteiger charge is -2.19. The van der Waals surface area contributed by atoms with Crippen molar-refractivity contribution in [2.45, 2.75) is 17.4 Å². The number of ketones is 1. The van der Waals surface area contributed by atoms with Crippen LogP contribution in [0.1, 0.15) is 21.5 Å². The molecule has 0 heterocycles. The maximum atomic E-state index is 13.3. The maximum absolute atomic E-state index is 13.3. The summed E-state index contributed by atoms with van der Waals surface area (Å²) in [6.45, 7) is 0. The second-order valence-electron chi connectivity index (χ2n) is 8.44. The molecular formula is C28H21ClN2O4S. The van der Waals surface area contributed by atoms with Crippen LogP contribution in [0.15, 0.2) is 102 Å². The number of nitrogens with one attached hydrogen (secondary N) is 2. The van der Waals surface area contributed by atoms with E-state index in [1.54, 1.807) is 24.3 Å². The SMILES string of the molecule is O=C1c2ccccc2-c2ccc(NC(=O)C(Cc3ccccc3)NS(=O)(=O)c3ccc(Cl)cc3)cc21. The molecule has 180 valence electrons. The first kappa shape index (κ1) is 23.9. The largest absolute Gasteiger partial charge is 0.325 e. The zero-order valence-corrected chi connectivity index (χ0v) is 20.5. The van der Waals surface area contributed by atoms with Crippen LogP contribution in [0.4, 0.5) is 5.69 Å². The van der Waals surface area contributed by atoms with Crippen LogP contribution in [0.25, 0.3) is 11.1 Å². The third-order valence-corrected chi connectivity index (χ3v) is 7.75. The summed E-state index contributed by atoms with van der Waals surface area (Å²) in [6, 6.07) is 26.2. The van der Waals surface area contributed by atoms with Gasteiger partial charge in [-0.25, -0.2) is 8.42 Å². The average molecular weight is 517 g/mol. The lowest BCUT2D eigenvalue weighted by molar-refractivity contribution is -0.117. The van der Waals surface area contributed by atoms with Gasteiger partial charge in [0.25, 0.3) is 0 Å². The van der Waals surface area contributed by atoms with Gasteiger partial charge in [-0.15, -0.1) is 0 Å². The normalized spacial score (nSPS) is 13.1. The number of hydrogen-bond acceptors (Lipinski definition) is 4. The zero-order chi connectivity index (χ0) is 25.3. The van der Waals surface area contributed by atoms with Crippen LogP contribution in [0.2, 0.25) is 5.02 Å². The van der Waals surface area contributed by atoms with E-state index in [1.165, 1.54) is 24.3 Å². The molecule has 0 fully saturated rings. The summed E-state index contributed by atoms with van der Waals surface area (Å²) in [7, 11) is -4.01. The highest BCUT2D eigenvalue weighted by Gasteiger charge is 2.29. The highest BCUT2D eigenvalue weighted by Crippen LogP contribution is 2.37. The van der Waals surface area contributed by atoms with Gasteiger partial charge < -0.3 is 5.32 Å². The number of fused-ring (bicyclic) bond motifs is 3. The van der Waals surface area contributed by atoms with E-state index in [9.17, 15) is 18.0 Å². The van der Waals surface area contributed by atoms with Crippen molar-refractivity contribution in [3.63, 3.8) is 0 Å². The van der Waals surface area contributed by atoms with Crippen LogP contribution in [0, 0.1) is 0 Å². The Balaban J connectivity index is 1.41. The zero-order valence-electron chi connectivity index (χ0n) is 18.9. The van der Waals surface area contributed by atoms with Crippen molar-refractivity contribution in [1.82, 2.24) is 4.72 Å². The third kappa shape index (κ3) is 4.81. The first-order valence-electron chi connectivity index (χ1n) is 11.2. The smallest absolute Gasteiger partial charge is 0.242 e. The molecule has 4 aromatic rings. The van der Waals surface area contributed by atoms with Crippen molar-refractivity contribution in [1.29, 1.82) is 0 Å². The minimum atomic E-state index is -4.01. The molecule has 8 heteroatoms. The topological polar surface area (TPSA) is 92.3 Å². The molecule has 1 aliphatic rings. The van der Waals surface area contributed by atoms with Gasteiger partial charge in [-0.3, -0.25) is 9.59 Å². The lowest BCUT2D eigenvalue weighted by atomic mass is 10.0. The molecule has 0 radical (unpaired) electrons. The molecule has 2 N–H and O–H groups in total.